The van der Waals surface area contributed by atoms with Crippen molar-refractivity contribution in [3.05, 3.63) is 68.4 Å². The Morgan fingerprint density at radius 1 is 1.10 bits per heavy atom. The Hall–Kier alpha value is -1.04. The summed E-state index contributed by atoms with van der Waals surface area (Å²) in [7, 11) is 0. The van der Waals surface area contributed by atoms with E-state index in [1.807, 2.05) is 0 Å². The third kappa shape index (κ3) is 3.00. The Labute approximate surface area is 127 Å². The summed E-state index contributed by atoms with van der Waals surface area (Å²) in [6, 6.07) is 5.94. The third-order valence-electron chi connectivity index (χ3n) is 2.95. The second-order valence-electron chi connectivity index (χ2n) is 4.28. The highest BCUT2D eigenvalue weighted by molar-refractivity contribution is 9.10. The van der Waals surface area contributed by atoms with Crippen LogP contribution < -0.4 is 5.73 Å². The van der Waals surface area contributed by atoms with Gasteiger partial charge in [0.25, 0.3) is 0 Å². The molecule has 0 aliphatic carbocycles. The summed E-state index contributed by atoms with van der Waals surface area (Å²) >= 11 is 8.88. The van der Waals surface area contributed by atoms with Gasteiger partial charge in [0.2, 0.25) is 0 Å². The number of benzene rings is 2. The standard InChI is InChI=1S/C14H10BrClF3N/c15-13-7(4-5-11(18)14(13)19)12(20)6-8-9(16)2-1-3-10(8)17/h1-5,12H,6,20H2. The SMILES string of the molecule is NC(Cc1c(F)cccc1Cl)c1ccc(F)c(F)c1Br. The molecule has 0 aliphatic heterocycles. The minimum atomic E-state index is -1.02. The van der Waals surface area contributed by atoms with Gasteiger partial charge in [-0.3, -0.25) is 0 Å². The molecule has 106 valence electrons. The zero-order chi connectivity index (χ0) is 14.9. The lowest BCUT2D eigenvalue weighted by Crippen LogP contribution is -2.16. The summed E-state index contributed by atoms with van der Waals surface area (Å²) < 4.78 is 40.1. The summed E-state index contributed by atoms with van der Waals surface area (Å²) in [5, 5.41) is 0.249. The topological polar surface area (TPSA) is 26.0 Å². The summed E-state index contributed by atoms with van der Waals surface area (Å²) in [6.07, 6.45) is 0.0786. The first-order valence-electron chi connectivity index (χ1n) is 5.73. The molecule has 2 aromatic rings. The van der Waals surface area contributed by atoms with E-state index >= 15 is 0 Å². The first kappa shape index (κ1) is 15.4. The predicted molar refractivity (Wildman–Crippen MR) is 76.1 cm³/mol. The van der Waals surface area contributed by atoms with Crippen LogP contribution in [0.15, 0.2) is 34.8 Å². The highest BCUT2D eigenvalue weighted by Gasteiger charge is 2.19. The molecule has 0 radical (unpaired) electrons. The second-order valence-corrected chi connectivity index (χ2v) is 5.48. The molecule has 0 bridgehead atoms. The fourth-order valence-electron chi connectivity index (χ4n) is 1.88. The van der Waals surface area contributed by atoms with Crippen LogP contribution in [0.5, 0.6) is 0 Å². The maximum atomic E-state index is 13.7. The van der Waals surface area contributed by atoms with Gasteiger partial charge < -0.3 is 5.73 Å². The van der Waals surface area contributed by atoms with Crippen LogP contribution in [-0.4, -0.2) is 0 Å². The monoisotopic (exact) mass is 363 g/mol. The van der Waals surface area contributed by atoms with Gasteiger partial charge in [-0.2, -0.15) is 0 Å². The Kier molecular flexibility index (Phi) is 4.73. The Morgan fingerprint density at radius 2 is 1.80 bits per heavy atom. The molecular formula is C14H10BrClF3N. The average Bonchev–Trinajstić information content (AvgIpc) is 2.40. The molecule has 0 saturated carbocycles. The lowest BCUT2D eigenvalue weighted by Gasteiger charge is -2.16. The van der Waals surface area contributed by atoms with Gasteiger partial charge in [0.15, 0.2) is 11.6 Å². The van der Waals surface area contributed by atoms with Gasteiger partial charge >= 0.3 is 0 Å². The maximum Gasteiger partial charge on any atom is 0.173 e. The van der Waals surface area contributed by atoms with E-state index in [1.54, 1.807) is 6.07 Å². The van der Waals surface area contributed by atoms with Crippen LogP contribution in [0.4, 0.5) is 13.2 Å². The van der Waals surface area contributed by atoms with E-state index < -0.39 is 23.5 Å². The fourth-order valence-corrected chi connectivity index (χ4v) is 2.74. The normalized spacial score (nSPS) is 12.5. The minimum absolute atomic E-state index is 0.0579. The van der Waals surface area contributed by atoms with Crippen molar-refractivity contribution in [2.75, 3.05) is 0 Å². The molecule has 0 aliphatic rings. The molecule has 0 spiro atoms. The quantitative estimate of drug-likeness (QED) is 0.781. The second kappa shape index (κ2) is 6.16. The fraction of sp³-hybridized carbons (Fsp3) is 0.143. The van der Waals surface area contributed by atoms with Crippen molar-refractivity contribution in [1.29, 1.82) is 0 Å². The van der Waals surface area contributed by atoms with Crippen LogP contribution in [0.1, 0.15) is 17.2 Å². The first-order valence-corrected chi connectivity index (χ1v) is 6.90. The van der Waals surface area contributed by atoms with Crippen molar-refractivity contribution in [1.82, 2.24) is 0 Å². The molecular weight excluding hydrogens is 355 g/mol. The van der Waals surface area contributed by atoms with Crippen LogP contribution in [0.2, 0.25) is 5.02 Å². The summed E-state index contributed by atoms with van der Waals surface area (Å²) in [4.78, 5) is 0. The van der Waals surface area contributed by atoms with Crippen molar-refractivity contribution in [3.8, 4) is 0 Å². The summed E-state index contributed by atoms with van der Waals surface area (Å²) in [5.74, 6) is -2.47. The van der Waals surface area contributed by atoms with Crippen LogP contribution >= 0.6 is 27.5 Å². The number of nitrogens with two attached hydrogens (primary N) is 1. The summed E-state index contributed by atoms with van der Waals surface area (Å²) in [5.41, 5.74) is 6.54. The maximum absolute atomic E-state index is 13.7. The van der Waals surface area contributed by atoms with E-state index in [2.05, 4.69) is 15.9 Å². The highest BCUT2D eigenvalue weighted by atomic mass is 79.9. The van der Waals surface area contributed by atoms with E-state index in [9.17, 15) is 13.2 Å². The van der Waals surface area contributed by atoms with Crippen molar-refractivity contribution in [2.45, 2.75) is 12.5 Å². The molecule has 1 nitrogen and oxygen atoms in total. The van der Waals surface area contributed by atoms with E-state index in [0.29, 0.717) is 5.56 Å². The molecule has 0 saturated heterocycles. The number of halogens is 5. The summed E-state index contributed by atoms with van der Waals surface area (Å²) in [6.45, 7) is 0. The first-order chi connectivity index (χ1) is 9.41. The van der Waals surface area contributed by atoms with Gasteiger partial charge in [0.05, 0.1) is 4.47 Å². The molecule has 6 heteroatoms. The molecule has 2 rings (SSSR count). The molecule has 0 fully saturated rings. The number of hydrogen-bond donors (Lipinski definition) is 1. The van der Waals surface area contributed by atoms with Gasteiger partial charge in [-0.25, -0.2) is 13.2 Å². The van der Waals surface area contributed by atoms with Crippen molar-refractivity contribution in [3.63, 3.8) is 0 Å². The smallest absolute Gasteiger partial charge is 0.173 e. The lowest BCUT2D eigenvalue weighted by molar-refractivity contribution is 0.499. The van der Waals surface area contributed by atoms with Gasteiger partial charge in [-0.15, -0.1) is 0 Å². The van der Waals surface area contributed by atoms with E-state index in [4.69, 9.17) is 17.3 Å². The molecule has 20 heavy (non-hydrogen) atoms. The van der Waals surface area contributed by atoms with E-state index in [0.717, 1.165) is 6.07 Å². The van der Waals surface area contributed by atoms with Gasteiger partial charge in [-0.1, -0.05) is 23.7 Å². The Bertz CT molecular complexity index is 628. The van der Waals surface area contributed by atoms with Crippen LogP contribution in [0, 0.1) is 17.5 Å². The van der Waals surface area contributed by atoms with E-state index in [1.165, 1.54) is 18.2 Å². The number of hydrogen-bond acceptors (Lipinski definition) is 1. The van der Waals surface area contributed by atoms with Gasteiger partial charge in [0.1, 0.15) is 5.82 Å². The van der Waals surface area contributed by atoms with Gasteiger partial charge in [-0.05, 0) is 46.1 Å². The van der Waals surface area contributed by atoms with Crippen LogP contribution in [-0.2, 0) is 6.42 Å². The minimum Gasteiger partial charge on any atom is -0.324 e. The molecule has 0 aromatic heterocycles. The lowest BCUT2D eigenvalue weighted by atomic mass is 9.99. The molecule has 0 amide bonds. The Balaban J connectivity index is 2.34. The van der Waals surface area contributed by atoms with Crippen molar-refractivity contribution in [2.24, 2.45) is 5.73 Å². The van der Waals surface area contributed by atoms with Gasteiger partial charge in [0, 0.05) is 16.6 Å². The number of rotatable bonds is 3. The molecule has 1 unspecified atom stereocenters. The molecule has 1 atom stereocenters. The molecule has 2 N–H and O–H groups in total. The largest absolute Gasteiger partial charge is 0.324 e. The van der Waals surface area contributed by atoms with Crippen LogP contribution in [0.25, 0.3) is 0 Å². The zero-order valence-corrected chi connectivity index (χ0v) is 12.5. The Morgan fingerprint density at radius 3 is 2.45 bits per heavy atom. The zero-order valence-electron chi connectivity index (χ0n) is 10.1. The third-order valence-corrected chi connectivity index (χ3v) is 4.11. The van der Waals surface area contributed by atoms with Crippen molar-refractivity contribution < 1.29 is 13.2 Å². The molecule has 2 aromatic carbocycles. The average molecular weight is 365 g/mol. The van der Waals surface area contributed by atoms with Crippen LogP contribution in [0.3, 0.4) is 0 Å². The van der Waals surface area contributed by atoms with E-state index in [-0.39, 0.29) is 21.5 Å². The highest BCUT2D eigenvalue weighted by Crippen LogP contribution is 2.30. The molecule has 0 heterocycles. The predicted octanol–water partition coefficient (Wildman–Crippen LogP) is 4.76. The van der Waals surface area contributed by atoms with Crippen molar-refractivity contribution >= 4 is 27.5 Å².